The van der Waals surface area contributed by atoms with E-state index in [1.165, 1.54) is 11.4 Å². The Morgan fingerprint density at radius 2 is 2.27 bits per heavy atom. The fourth-order valence-electron chi connectivity index (χ4n) is 1.26. The summed E-state index contributed by atoms with van der Waals surface area (Å²) in [6.07, 6.45) is 5.16. The Labute approximate surface area is 89.1 Å². The predicted molar refractivity (Wildman–Crippen MR) is 54.8 cm³/mol. The molecule has 0 aromatic carbocycles. The normalized spacial score (nSPS) is 17.3. The van der Waals surface area contributed by atoms with Gasteiger partial charge < -0.3 is 4.42 Å². The van der Waals surface area contributed by atoms with Crippen LogP contribution >= 0.6 is 0 Å². The molecule has 0 amide bonds. The summed E-state index contributed by atoms with van der Waals surface area (Å²) in [6, 6.07) is 0. The molecule has 0 bridgehead atoms. The maximum Gasteiger partial charge on any atom is 0.211 e. The van der Waals surface area contributed by atoms with E-state index in [0.717, 1.165) is 24.9 Å². The van der Waals surface area contributed by atoms with Crippen molar-refractivity contribution >= 4 is 10.0 Å². The van der Waals surface area contributed by atoms with Crippen molar-refractivity contribution in [2.24, 2.45) is 0 Å². The minimum absolute atomic E-state index is 0.200. The summed E-state index contributed by atoms with van der Waals surface area (Å²) in [5.41, 5.74) is 0. The van der Waals surface area contributed by atoms with Gasteiger partial charge in [-0.25, -0.2) is 13.4 Å². The average Bonchev–Trinajstić information content (AvgIpc) is 2.87. The van der Waals surface area contributed by atoms with Crippen molar-refractivity contribution < 1.29 is 12.8 Å². The number of nitrogens with zero attached hydrogens (tertiary/aromatic N) is 2. The first kappa shape index (κ1) is 10.6. The van der Waals surface area contributed by atoms with Gasteiger partial charge in [0.1, 0.15) is 5.76 Å². The van der Waals surface area contributed by atoms with Gasteiger partial charge in [-0.3, -0.25) is 0 Å². The molecule has 1 aliphatic carbocycles. The SMILES string of the molecule is CN(Cc1ncc(C2CC2)o1)S(C)(=O)=O. The number of sulfonamides is 1. The van der Waals surface area contributed by atoms with Crippen LogP contribution in [-0.4, -0.2) is 31.0 Å². The lowest BCUT2D eigenvalue weighted by Crippen LogP contribution is -2.24. The van der Waals surface area contributed by atoms with Crippen molar-refractivity contribution in [3.8, 4) is 0 Å². The highest BCUT2D eigenvalue weighted by molar-refractivity contribution is 7.88. The van der Waals surface area contributed by atoms with Crippen LogP contribution in [0.4, 0.5) is 0 Å². The molecule has 0 saturated heterocycles. The van der Waals surface area contributed by atoms with Crippen LogP contribution in [0.3, 0.4) is 0 Å². The molecule has 0 spiro atoms. The van der Waals surface area contributed by atoms with E-state index in [2.05, 4.69) is 4.98 Å². The van der Waals surface area contributed by atoms with E-state index in [0.29, 0.717) is 11.8 Å². The Kier molecular flexibility index (Phi) is 2.56. The number of rotatable bonds is 4. The van der Waals surface area contributed by atoms with E-state index in [1.807, 2.05) is 0 Å². The third-order valence-electron chi connectivity index (χ3n) is 2.48. The van der Waals surface area contributed by atoms with Gasteiger partial charge in [0, 0.05) is 13.0 Å². The molecule has 0 unspecified atom stereocenters. The highest BCUT2D eigenvalue weighted by Crippen LogP contribution is 2.40. The lowest BCUT2D eigenvalue weighted by Gasteiger charge is -2.10. The Hall–Kier alpha value is -0.880. The summed E-state index contributed by atoms with van der Waals surface area (Å²) in [4.78, 5) is 4.06. The molecular formula is C9H14N2O3S. The predicted octanol–water partition coefficient (Wildman–Crippen LogP) is 0.943. The number of oxazole rings is 1. The lowest BCUT2D eigenvalue weighted by molar-refractivity contribution is 0.383. The van der Waals surface area contributed by atoms with E-state index >= 15 is 0 Å². The maximum atomic E-state index is 11.1. The van der Waals surface area contributed by atoms with Gasteiger partial charge >= 0.3 is 0 Å². The number of hydrogen-bond acceptors (Lipinski definition) is 4. The van der Waals surface area contributed by atoms with Crippen molar-refractivity contribution in [1.82, 2.24) is 9.29 Å². The van der Waals surface area contributed by atoms with Crippen LogP contribution < -0.4 is 0 Å². The Morgan fingerprint density at radius 3 is 2.80 bits per heavy atom. The van der Waals surface area contributed by atoms with E-state index in [1.54, 1.807) is 6.20 Å². The Morgan fingerprint density at radius 1 is 1.60 bits per heavy atom. The summed E-state index contributed by atoms with van der Waals surface area (Å²) in [6.45, 7) is 0.200. The highest BCUT2D eigenvalue weighted by Gasteiger charge is 2.27. The minimum atomic E-state index is -3.16. The van der Waals surface area contributed by atoms with Gasteiger partial charge in [-0.15, -0.1) is 0 Å². The van der Waals surface area contributed by atoms with Crippen LogP contribution in [0.5, 0.6) is 0 Å². The largest absolute Gasteiger partial charge is 0.444 e. The van der Waals surface area contributed by atoms with Gasteiger partial charge in [0.25, 0.3) is 0 Å². The molecule has 84 valence electrons. The van der Waals surface area contributed by atoms with Crippen molar-refractivity contribution in [1.29, 1.82) is 0 Å². The van der Waals surface area contributed by atoms with Crippen molar-refractivity contribution in [2.45, 2.75) is 25.3 Å². The van der Waals surface area contributed by atoms with E-state index < -0.39 is 10.0 Å². The Balaban J connectivity index is 2.04. The maximum absolute atomic E-state index is 11.1. The molecule has 1 aromatic rings. The zero-order valence-electron chi connectivity index (χ0n) is 8.80. The molecule has 1 saturated carbocycles. The molecule has 5 nitrogen and oxygen atoms in total. The molecular weight excluding hydrogens is 216 g/mol. The number of hydrogen-bond donors (Lipinski definition) is 0. The molecule has 15 heavy (non-hydrogen) atoms. The minimum Gasteiger partial charge on any atom is -0.444 e. The van der Waals surface area contributed by atoms with Crippen LogP contribution in [0.25, 0.3) is 0 Å². The van der Waals surface area contributed by atoms with Crippen LogP contribution in [0, 0.1) is 0 Å². The second-order valence-electron chi connectivity index (χ2n) is 3.95. The molecule has 0 aliphatic heterocycles. The first-order valence-corrected chi connectivity index (χ1v) is 6.67. The first-order chi connectivity index (χ1) is 6.97. The second-order valence-corrected chi connectivity index (χ2v) is 6.04. The fourth-order valence-corrected chi connectivity index (χ4v) is 1.61. The van der Waals surface area contributed by atoms with Gasteiger partial charge in [0.15, 0.2) is 0 Å². The average molecular weight is 230 g/mol. The highest BCUT2D eigenvalue weighted by atomic mass is 32.2. The number of aromatic nitrogens is 1. The van der Waals surface area contributed by atoms with Crippen LogP contribution in [0.1, 0.15) is 30.4 Å². The van der Waals surface area contributed by atoms with E-state index in [4.69, 9.17) is 4.42 Å². The second kappa shape index (κ2) is 3.61. The third-order valence-corrected chi connectivity index (χ3v) is 3.74. The first-order valence-electron chi connectivity index (χ1n) is 4.83. The standard InChI is InChI=1S/C9H14N2O3S/c1-11(15(2,12)13)6-9-10-5-8(14-9)7-3-4-7/h5,7H,3-4,6H2,1-2H3. The molecule has 6 heteroatoms. The lowest BCUT2D eigenvalue weighted by atomic mass is 10.3. The third kappa shape index (κ3) is 2.57. The van der Waals surface area contributed by atoms with Crippen molar-refractivity contribution in [3.05, 3.63) is 17.8 Å². The quantitative estimate of drug-likeness (QED) is 0.772. The van der Waals surface area contributed by atoms with Crippen molar-refractivity contribution in [2.75, 3.05) is 13.3 Å². The monoisotopic (exact) mass is 230 g/mol. The smallest absolute Gasteiger partial charge is 0.211 e. The summed E-state index contributed by atoms with van der Waals surface area (Å²) in [5.74, 6) is 1.85. The van der Waals surface area contributed by atoms with E-state index in [-0.39, 0.29) is 6.54 Å². The van der Waals surface area contributed by atoms with Crippen molar-refractivity contribution in [3.63, 3.8) is 0 Å². The van der Waals surface area contributed by atoms with Crippen LogP contribution in [0.15, 0.2) is 10.6 Å². The van der Waals surface area contributed by atoms with Gasteiger partial charge in [0.2, 0.25) is 15.9 Å². The molecule has 1 heterocycles. The van der Waals surface area contributed by atoms with Crippen LogP contribution in [-0.2, 0) is 16.6 Å². The molecule has 2 rings (SSSR count). The summed E-state index contributed by atoms with van der Waals surface area (Å²) < 4.78 is 29.0. The summed E-state index contributed by atoms with van der Waals surface area (Å²) >= 11 is 0. The van der Waals surface area contributed by atoms with Gasteiger partial charge in [0.05, 0.1) is 19.0 Å². The van der Waals surface area contributed by atoms with Gasteiger partial charge in [-0.1, -0.05) is 0 Å². The molecule has 0 radical (unpaired) electrons. The zero-order valence-corrected chi connectivity index (χ0v) is 9.62. The van der Waals surface area contributed by atoms with Gasteiger partial charge in [-0.2, -0.15) is 4.31 Å². The summed E-state index contributed by atoms with van der Waals surface area (Å²) in [7, 11) is -1.65. The molecule has 0 N–H and O–H groups in total. The van der Waals surface area contributed by atoms with E-state index in [9.17, 15) is 8.42 Å². The molecule has 1 aliphatic rings. The van der Waals surface area contributed by atoms with Crippen LogP contribution in [0.2, 0.25) is 0 Å². The Bertz CT molecular complexity index is 448. The zero-order chi connectivity index (χ0) is 11.1. The fraction of sp³-hybridized carbons (Fsp3) is 0.667. The summed E-state index contributed by atoms with van der Waals surface area (Å²) in [5, 5.41) is 0. The molecule has 1 fully saturated rings. The topological polar surface area (TPSA) is 63.4 Å². The van der Waals surface area contributed by atoms with Gasteiger partial charge in [-0.05, 0) is 12.8 Å². The molecule has 1 aromatic heterocycles. The molecule has 0 atom stereocenters.